The highest BCUT2D eigenvalue weighted by Gasteiger charge is 2.30. The molecule has 0 fully saturated rings. The molecule has 0 saturated carbocycles. The Morgan fingerprint density at radius 1 is 1.12 bits per heavy atom. The molecule has 0 saturated heterocycles. The van der Waals surface area contributed by atoms with E-state index < -0.39 is 26.9 Å². The second kappa shape index (κ2) is 6.93. The molecule has 1 unspecified atom stereocenters. The van der Waals surface area contributed by atoms with Crippen molar-refractivity contribution in [1.82, 2.24) is 0 Å². The molecule has 3 N–H and O–H groups in total. The molecule has 8 heteroatoms. The minimum Gasteiger partial charge on any atom is -0.501 e. The van der Waals surface area contributed by atoms with E-state index in [0.717, 1.165) is 0 Å². The van der Waals surface area contributed by atoms with Crippen molar-refractivity contribution in [3.63, 3.8) is 0 Å². The molecule has 0 bridgehead atoms. The summed E-state index contributed by atoms with van der Waals surface area (Å²) in [6.07, 6.45) is 0. The summed E-state index contributed by atoms with van der Waals surface area (Å²) in [5.74, 6) is -1.26. The van der Waals surface area contributed by atoms with Crippen LogP contribution in [0.1, 0.15) is 17.7 Å². The summed E-state index contributed by atoms with van der Waals surface area (Å²) in [5, 5.41) is 9.89. The van der Waals surface area contributed by atoms with Crippen LogP contribution >= 0.6 is 11.6 Å². The zero-order chi connectivity index (χ0) is 18.9. The predicted octanol–water partition coefficient (Wildman–Crippen LogP) is 4.36. The smallest absolute Gasteiger partial charge is 0.316 e. The Kier molecular flexibility index (Phi) is 4.84. The zero-order valence-electron chi connectivity index (χ0n) is 13.7. The third-order valence-corrected chi connectivity index (χ3v) is 5.66. The first-order valence-electron chi connectivity index (χ1n) is 7.65. The average molecular weight is 394 g/mol. The molecule has 0 aliphatic rings. The lowest BCUT2D eigenvalue weighted by Crippen LogP contribution is -2.17. The SMILES string of the molecule is CC(c1ccccc1)S(=O)(=O)Oc1c(N)oc(-c2ccc(Cl)cc2)c1O. The first-order chi connectivity index (χ1) is 12.3. The van der Waals surface area contributed by atoms with Gasteiger partial charge in [0.05, 0.1) is 0 Å². The van der Waals surface area contributed by atoms with E-state index in [-0.39, 0.29) is 11.6 Å². The van der Waals surface area contributed by atoms with Crippen molar-refractivity contribution in [3.8, 4) is 22.8 Å². The second-order valence-electron chi connectivity index (χ2n) is 5.61. The molecule has 0 amide bonds. The first kappa shape index (κ1) is 18.2. The maximum atomic E-state index is 12.5. The summed E-state index contributed by atoms with van der Waals surface area (Å²) in [5.41, 5.74) is 6.74. The van der Waals surface area contributed by atoms with E-state index in [0.29, 0.717) is 16.1 Å². The maximum Gasteiger partial charge on any atom is 0.316 e. The van der Waals surface area contributed by atoms with Crippen molar-refractivity contribution >= 4 is 27.6 Å². The van der Waals surface area contributed by atoms with Gasteiger partial charge in [-0.15, -0.1) is 0 Å². The van der Waals surface area contributed by atoms with E-state index in [2.05, 4.69) is 0 Å². The van der Waals surface area contributed by atoms with Gasteiger partial charge in [-0.3, -0.25) is 0 Å². The minimum absolute atomic E-state index is 0.00303. The fourth-order valence-electron chi connectivity index (χ4n) is 2.38. The van der Waals surface area contributed by atoms with Crippen LogP contribution in [0.15, 0.2) is 59.0 Å². The Hall–Kier alpha value is -2.64. The highest BCUT2D eigenvalue weighted by atomic mass is 35.5. The van der Waals surface area contributed by atoms with Crippen molar-refractivity contribution < 1.29 is 22.1 Å². The normalized spacial score (nSPS) is 12.7. The molecule has 3 rings (SSSR count). The maximum absolute atomic E-state index is 12.5. The zero-order valence-corrected chi connectivity index (χ0v) is 15.3. The van der Waals surface area contributed by atoms with Crippen LogP contribution in [-0.4, -0.2) is 13.5 Å². The lowest BCUT2D eigenvalue weighted by Gasteiger charge is -2.13. The fourth-order valence-corrected chi connectivity index (χ4v) is 3.54. The lowest BCUT2D eigenvalue weighted by atomic mass is 10.1. The Labute approximate surface area is 155 Å². The van der Waals surface area contributed by atoms with E-state index in [9.17, 15) is 13.5 Å². The molecule has 2 aromatic carbocycles. The molecule has 136 valence electrons. The lowest BCUT2D eigenvalue weighted by molar-refractivity contribution is 0.429. The largest absolute Gasteiger partial charge is 0.501 e. The number of halogens is 1. The number of benzene rings is 2. The van der Waals surface area contributed by atoms with Crippen molar-refractivity contribution in [2.75, 3.05) is 5.73 Å². The highest BCUT2D eigenvalue weighted by Crippen LogP contribution is 2.46. The van der Waals surface area contributed by atoms with Gasteiger partial charge < -0.3 is 19.4 Å². The van der Waals surface area contributed by atoms with Crippen LogP contribution in [0, 0.1) is 0 Å². The topological polar surface area (TPSA) is 103 Å². The van der Waals surface area contributed by atoms with Crippen molar-refractivity contribution in [2.45, 2.75) is 12.2 Å². The highest BCUT2D eigenvalue weighted by molar-refractivity contribution is 7.87. The molecule has 1 heterocycles. The number of hydrogen-bond donors (Lipinski definition) is 2. The van der Waals surface area contributed by atoms with Gasteiger partial charge in [0, 0.05) is 10.6 Å². The van der Waals surface area contributed by atoms with E-state index in [4.69, 9.17) is 25.9 Å². The Balaban J connectivity index is 1.94. The fraction of sp³-hybridized carbons (Fsp3) is 0.111. The molecule has 26 heavy (non-hydrogen) atoms. The third-order valence-electron chi connectivity index (χ3n) is 3.87. The van der Waals surface area contributed by atoms with Crippen LogP contribution in [0.2, 0.25) is 5.02 Å². The van der Waals surface area contributed by atoms with Gasteiger partial charge in [0.1, 0.15) is 5.25 Å². The van der Waals surface area contributed by atoms with Crippen molar-refractivity contribution in [3.05, 3.63) is 65.2 Å². The van der Waals surface area contributed by atoms with Gasteiger partial charge in [-0.05, 0) is 36.8 Å². The van der Waals surface area contributed by atoms with Gasteiger partial charge >= 0.3 is 10.1 Å². The molecule has 0 radical (unpaired) electrons. The van der Waals surface area contributed by atoms with E-state index in [1.165, 1.54) is 6.92 Å². The number of rotatable bonds is 5. The van der Waals surface area contributed by atoms with E-state index in [1.807, 2.05) is 0 Å². The summed E-state index contributed by atoms with van der Waals surface area (Å²) in [6.45, 7) is 1.48. The van der Waals surface area contributed by atoms with Gasteiger partial charge in [0.2, 0.25) is 17.4 Å². The number of furan rings is 1. The number of nitrogens with two attached hydrogens (primary N) is 1. The summed E-state index contributed by atoms with van der Waals surface area (Å²) < 4.78 is 35.5. The number of anilines is 1. The molecule has 3 aromatic rings. The summed E-state index contributed by atoms with van der Waals surface area (Å²) in [6, 6.07) is 15.0. The van der Waals surface area contributed by atoms with Crippen LogP contribution in [0.25, 0.3) is 11.3 Å². The Morgan fingerprint density at radius 2 is 1.73 bits per heavy atom. The van der Waals surface area contributed by atoms with Gasteiger partial charge in [-0.2, -0.15) is 8.42 Å². The Bertz CT molecular complexity index is 1010. The van der Waals surface area contributed by atoms with Gasteiger partial charge in [-0.1, -0.05) is 41.9 Å². The summed E-state index contributed by atoms with van der Waals surface area (Å²) in [4.78, 5) is 0. The number of aromatic hydroxyl groups is 1. The monoisotopic (exact) mass is 393 g/mol. The van der Waals surface area contributed by atoms with Gasteiger partial charge in [-0.25, -0.2) is 0 Å². The van der Waals surface area contributed by atoms with Gasteiger partial charge in [0.25, 0.3) is 0 Å². The quantitative estimate of drug-likeness (QED) is 0.624. The molecule has 0 aliphatic carbocycles. The van der Waals surface area contributed by atoms with Gasteiger partial charge in [0.15, 0.2) is 5.76 Å². The minimum atomic E-state index is -4.11. The molecule has 0 spiro atoms. The summed E-state index contributed by atoms with van der Waals surface area (Å²) in [7, 11) is -4.11. The van der Waals surface area contributed by atoms with Crippen LogP contribution < -0.4 is 9.92 Å². The molecule has 1 aromatic heterocycles. The Morgan fingerprint density at radius 3 is 2.35 bits per heavy atom. The van der Waals surface area contributed by atoms with Crippen LogP contribution in [0.4, 0.5) is 5.88 Å². The third kappa shape index (κ3) is 3.49. The van der Waals surface area contributed by atoms with Crippen LogP contribution in [0.5, 0.6) is 11.5 Å². The van der Waals surface area contributed by atoms with Crippen LogP contribution in [-0.2, 0) is 10.1 Å². The van der Waals surface area contributed by atoms with E-state index in [1.54, 1.807) is 54.6 Å². The first-order valence-corrected chi connectivity index (χ1v) is 9.50. The molecule has 6 nitrogen and oxygen atoms in total. The van der Waals surface area contributed by atoms with Crippen LogP contribution in [0.3, 0.4) is 0 Å². The molecule has 0 aliphatic heterocycles. The standard InChI is InChI=1S/C18H16ClNO5S/c1-11(12-5-3-2-4-6-12)26(22,23)25-17-15(21)16(24-18(17)20)13-7-9-14(19)10-8-13/h2-11,21H,20H2,1H3. The molecular formula is C18H16ClNO5S. The summed E-state index contributed by atoms with van der Waals surface area (Å²) >= 11 is 5.83. The predicted molar refractivity (Wildman–Crippen MR) is 99.6 cm³/mol. The molecular weight excluding hydrogens is 378 g/mol. The second-order valence-corrected chi connectivity index (χ2v) is 7.90. The number of hydrogen-bond acceptors (Lipinski definition) is 6. The van der Waals surface area contributed by atoms with Crippen molar-refractivity contribution in [2.24, 2.45) is 0 Å². The molecule has 1 atom stereocenters. The van der Waals surface area contributed by atoms with E-state index >= 15 is 0 Å². The number of nitrogen functional groups attached to an aromatic ring is 1. The average Bonchev–Trinajstić information content (AvgIpc) is 2.90. The van der Waals surface area contributed by atoms with Crippen molar-refractivity contribution in [1.29, 1.82) is 0 Å².